The maximum absolute atomic E-state index is 11.5. The summed E-state index contributed by atoms with van der Waals surface area (Å²) in [5.41, 5.74) is 0.318. The molecule has 0 heterocycles. The van der Waals surface area contributed by atoms with Crippen molar-refractivity contribution in [2.24, 2.45) is 28.6 Å². The number of hydrogen-bond acceptors (Lipinski definition) is 2. The van der Waals surface area contributed by atoms with Crippen molar-refractivity contribution in [3.63, 3.8) is 0 Å². The number of rotatable bonds is 8. The van der Waals surface area contributed by atoms with Gasteiger partial charge in [0.1, 0.15) is 6.29 Å². The predicted molar refractivity (Wildman–Crippen MR) is 116 cm³/mol. The average molecular weight is 383 g/mol. The molecule has 1 saturated carbocycles. The molecular weight excluding hydrogens is 336 g/mol. The van der Waals surface area contributed by atoms with Gasteiger partial charge in [-0.05, 0) is 66.5 Å². The Hall–Kier alpha value is -0.153. The van der Waals surface area contributed by atoms with Crippen LogP contribution in [0.3, 0.4) is 0 Å². The van der Waals surface area contributed by atoms with Gasteiger partial charge in [0.15, 0.2) is 8.32 Å². The number of aldehydes is 1. The zero-order chi connectivity index (χ0) is 20.6. The molecular formula is C23H46O2Si. The molecule has 1 aliphatic rings. The molecule has 0 radical (unpaired) electrons. The summed E-state index contributed by atoms with van der Waals surface area (Å²) in [6, 6.07) is 0. The molecule has 2 nitrogen and oxygen atoms in total. The molecule has 154 valence electrons. The first-order valence-corrected chi connectivity index (χ1v) is 13.6. The maximum Gasteiger partial charge on any atom is 0.192 e. The fourth-order valence-corrected chi connectivity index (χ4v) is 6.00. The minimum atomic E-state index is -1.74. The highest BCUT2D eigenvalue weighted by molar-refractivity contribution is 6.74. The van der Waals surface area contributed by atoms with Gasteiger partial charge in [-0.25, -0.2) is 0 Å². The van der Waals surface area contributed by atoms with Gasteiger partial charge >= 0.3 is 0 Å². The van der Waals surface area contributed by atoms with E-state index in [1.807, 2.05) is 0 Å². The molecule has 1 rings (SSSR count). The molecule has 26 heavy (non-hydrogen) atoms. The molecule has 0 saturated heterocycles. The van der Waals surface area contributed by atoms with E-state index >= 15 is 0 Å². The van der Waals surface area contributed by atoms with Crippen LogP contribution in [-0.4, -0.2) is 20.7 Å². The molecule has 1 fully saturated rings. The van der Waals surface area contributed by atoms with Gasteiger partial charge in [0.25, 0.3) is 0 Å². The van der Waals surface area contributed by atoms with Crippen molar-refractivity contribution in [2.75, 3.05) is 0 Å². The Balaban J connectivity index is 2.83. The minimum absolute atomic E-state index is 0.0851. The molecule has 0 amide bonds. The van der Waals surface area contributed by atoms with Gasteiger partial charge in [-0.1, -0.05) is 62.3 Å². The van der Waals surface area contributed by atoms with E-state index in [1.165, 1.54) is 19.1 Å². The molecule has 0 aromatic rings. The van der Waals surface area contributed by atoms with E-state index in [0.29, 0.717) is 17.9 Å². The molecule has 1 aliphatic carbocycles. The van der Waals surface area contributed by atoms with Crippen molar-refractivity contribution in [2.45, 2.75) is 112 Å². The van der Waals surface area contributed by atoms with E-state index in [1.54, 1.807) is 0 Å². The summed E-state index contributed by atoms with van der Waals surface area (Å²) in [6.07, 6.45) is 6.07. The number of carbonyl (C=O) groups is 1. The number of carbonyl (C=O) groups excluding carboxylic acids is 1. The first-order valence-electron chi connectivity index (χ1n) is 10.7. The molecule has 3 heteroatoms. The lowest BCUT2D eigenvalue weighted by atomic mass is 9.59. The van der Waals surface area contributed by atoms with Crippen LogP contribution in [0.1, 0.15) is 88.0 Å². The quantitative estimate of drug-likeness (QED) is 0.331. The Kier molecular flexibility index (Phi) is 7.41. The highest BCUT2D eigenvalue weighted by atomic mass is 28.4. The molecule has 0 aromatic carbocycles. The van der Waals surface area contributed by atoms with E-state index in [4.69, 9.17) is 4.43 Å². The number of hydrogen-bond donors (Lipinski definition) is 0. The third-order valence-electron chi connectivity index (χ3n) is 8.51. The smallest absolute Gasteiger partial charge is 0.192 e. The topological polar surface area (TPSA) is 26.3 Å². The van der Waals surface area contributed by atoms with Crippen molar-refractivity contribution in [1.82, 2.24) is 0 Å². The van der Waals surface area contributed by atoms with E-state index in [-0.39, 0.29) is 21.8 Å². The molecule has 0 aromatic heterocycles. The Morgan fingerprint density at radius 2 is 1.65 bits per heavy atom. The van der Waals surface area contributed by atoms with Crippen LogP contribution >= 0.6 is 0 Å². The van der Waals surface area contributed by atoms with E-state index < -0.39 is 8.32 Å². The van der Waals surface area contributed by atoms with Gasteiger partial charge in [0.05, 0.1) is 0 Å². The fraction of sp³-hybridized carbons (Fsp3) is 0.957. The van der Waals surface area contributed by atoms with Gasteiger partial charge in [0.2, 0.25) is 0 Å². The Bertz CT molecular complexity index is 475. The lowest BCUT2D eigenvalue weighted by Gasteiger charge is -2.46. The summed E-state index contributed by atoms with van der Waals surface area (Å²) in [4.78, 5) is 11.5. The maximum atomic E-state index is 11.5. The van der Waals surface area contributed by atoms with E-state index in [2.05, 4.69) is 75.4 Å². The highest BCUT2D eigenvalue weighted by Gasteiger charge is 2.53. The van der Waals surface area contributed by atoms with E-state index in [0.717, 1.165) is 12.8 Å². The third kappa shape index (κ3) is 4.63. The van der Waals surface area contributed by atoms with Crippen LogP contribution in [0, 0.1) is 28.6 Å². The lowest BCUT2D eigenvalue weighted by molar-refractivity contribution is -0.115. The summed E-state index contributed by atoms with van der Waals surface area (Å²) in [5.74, 6) is 1.36. The Labute approximate surface area is 165 Å². The second-order valence-corrected chi connectivity index (χ2v) is 16.3. The first-order chi connectivity index (χ1) is 11.6. The van der Waals surface area contributed by atoms with Crippen molar-refractivity contribution < 1.29 is 9.22 Å². The minimum Gasteiger partial charge on any atom is -0.414 e. The summed E-state index contributed by atoms with van der Waals surface area (Å²) in [7, 11) is -1.74. The van der Waals surface area contributed by atoms with Crippen LogP contribution in [0.5, 0.6) is 0 Å². The average Bonchev–Trinajstić information content (AvgIpc) is 2.72. The molecule has 0 bridgehead atoms. The van der Waals surface area contributed by atoms with E-state index in [9.17, 15) is 4.79 Å². The van der Waals surface area contributed by atoms with Gasteiger partial charge < -0.3 is 9.22 Å². The second-order valence-electron chi connectivity index (χ2n) is 11.6. The molecule has 4 atom stereocenters. The van der Waals surface area contributed by atoms with Crippen LogP contribution in [0.25, 0.3) is 0 Å². The summed E-state index contributed by atoms with van der Waals surface area (Å²) < 4.78 is 6.79. The molecule has 0 N–H and O–H groups in total. The standard InChI is InChI=1S/C23H46O2Si/c1-17(2)20(25-26(10,11)21(4,5)6)13-12-18(3)23(9)15-14-19(16-24)22(23,7)8/h16-20H,12-15H2,1-11H3/t18-,19-,20-,23+/m0/s1. The van der Waals surface area contributed by atoms with Gasteiger partial charge in [-0.15, -0.1) is 0 Å². The van der Waals surface area contributed by atoms with Gasteiger partial charge in [-0.3, -0.25) is 0 Å². The summed E-state index contributed by atoms with van der Waals surface area (Å²) in [5, 5.41) is 0.252. The predicted octanol–water partition coefficient (Wildman–Crippen LogP) is 7.09. The summed E-state index contributed by atoms with van der Waals surface area (Å²) >= 11 is 0. The molecule has 0 unspecified atom stereocenters. The van der Waals surface area contributed by atoms with Gasteiger partial charge in [-0.2, -0.15) is 0 Å². The van der Waals surface area contributed by atoms with Crippen molar-refractivity contribution in [3.05, 3.63) is 0 Å². The summed E-state index contributed by atoms with van der Waals surface area (Å²) in [6.45, 7) is 25.7. The lowest BCUT2D eigenvalue weighted by Crippen LogP contribution is -2.45. The Morgan fingerprint density at radius 1 is 1.12 bits per heavy atom. The van der Waals surface area contributed by atoms with Crippen LogP contribution < -0.4 is 0 Å². The fourth-order valence-electron chi connectivity index (χ4n) is 4.50. The third-order valence-corrected chi connectivity index (χ3v) is 13.0. The first kappa shape index (κ1) is 23.9. The van der Waals surface area contributed by atoms with Crippen LogP contribution in [0.15, 0.2) is 0 Å². The zero-order valence-corrected chi connectivity index (χ0v) is 20.5. The Morgan fingerprint density at radius 3 is 2.04 bits per heavy atom. The van der Waals surface area contributed by atoms with Crippen LogP contribution in [0.4, 0.5) is 0 Å². The van der Waals surface area contributed by atoms with Crippen molar-refractivity contribution >= 4 is 14.6 Å². The normalized spacial score (nSPS) is 29.0. The van der Waals surface area contributed by atoms with Crippen LogP contribution in [0.2, 0.25) is 18.1 Å². The monoisotopic (exact) mass is 382 g/mol. The van der Waals surface area contributed by atoms with Gasteiger partial charge in [0, 0.05) is 12.0 Å². The highest BCUT2D eigenvalue weighted by Crippen LogP contribution is 2.59. The molecule has 0 aliphatic heterocycles. The SMILES string of the molecule is CC(C)[C@H](CC[C@H](C)[C@@]1(C)CC[C@@H](C=O)C1(C)C)O[Si](C)(C)C(C)(C)C. The van der Waals surface area contributed by atoms with Crippen molar-refractivity contribution in [3.8, 4) is 0 Å². The second kappa shape index (κ2) is 8.07. The largest absolute Gasteiger partial charge is 0.414 e. The molecule has 0 spiro atoms. The zero-order valence-electron chi connectivity index (χ0n) is 19.5. The van der Waals surface area contributed by atoms with Crippen LogP contribution in [-0.2, 0) is 9.22 Å². The van der Waals surface area contributed by atoms with Crippen molar-refractivity contribution in [1.29, 1.82) is 0 Å².